The third-order valence-corrected chi connectivity index (χ3v) is 3.79. The third kappa shape index (κ3) is 5.38. The van der Waals surface area contributed by atoms with Crippen molar-refractivity contribution in [3.63, 3.8) is 0 Å². The maximum Gasteiger partial charge on any atom is 0.315 e. The maximum atomic E-state index is 11.8. The largest absolute Gasteiger partial charge is 0.373 e. The van der Waals surface area contributed by atoms with Crippen LogP contribution in [0.5, 0.6) is 0 Å². The Hall–Kier alpha value is -1.55. The first-order chi connectivity index (χ1) is 10.0. The third-order valence-electron chi connectivity index (χ3n) is 3.79. The van der Waals surface area contributed by atoms with E-state index in [0.29, 0.717) is 19.2 Å². The van der Waals surface area contributed by atoms with Crippen molar-refractivity contribution in [2.24, 2.45) is 0 Å². The van der Waals surface area contributed by atoms with E-state index in [1.807, 2.05) is 0 Å². The number of benzene rings is 1. The molecule has 2 amide bonds. The van der Waals surface area contributed by atoms with E-state index in [-0.39, 0.29) is 12.1 Å². The molecule has 0 bridgehead atoms. The highest BCUT2D eigenvalue weighted by molar-refractivity contribution is 5.73. The molecule has 0 aliphatic carbocycles. The summed E-state index contributed by atoms with van der Waals surface area (Å²) in [7, 11) is 0. The number of hydrogen-bond donors (Lipinski definition) is 2. The zero-order valence-corrected chi connectivity index (χ0v) is 13.2. The molecule has 21 heavy (non-hydrogen) atoms. The fraction of sp³-hybridized carbons (Fsp3) is 0.588. The molecule has 0 aromatic heterocycles. The number of rotatable bonds is 4. The van der Waals surface area contributed by atoms with Gasteiger partial charge < -0.3 is 15.4 Å². The molecule has 2 N–H and O–H groups in total. The number of urea groups is 1. The number of hydrogen-bond acceptors (Lipinski definition) is 2. The van der Waals surface area contributed by atoms with Crippen LogP contribution in [0.1, 0.15) is 42.9 Å². The quantitative estimate of drug-likeness (QED) is 0.895. The van der Waals surface area contributed by atoms with Gasteiger partial charge in [-0.2, -0.15) is 0 Å². The summed E-state index contributed by atoms with van der Waals surface area (Å²) in [5.41, 5.74) is 3.57. The number of carbonyl (C=O) groups excluding carboxylic acids is 1. The highest BCUT2D eigenvalue weighted by Crippen LogP contribution is 2.17. The standard InChI is InChI=1S/C17H26N2O2/c1-12-7-13(2)9-15(8-12)10-18-17(20)19-11-16-6-4-5-14(3)21-16/h7-9,14,16H,4-6,10-11H2,1-3H3,(H2,18,19,20). The van der Waals surface area contributed by atoms with Crippen molar-refractivity contribution >= 4 is 6.03 Å². The summed E-state index contributed by atoms with van der Waals surface area (Å²) in [5, 5.41) is 5.80. The summed E-state index contributed by atoms with van der Waals surface area (Å²) in [4.78, 5) is 11.8. The lowest BCUT2D eigenvalue weighted by Gasteiger charge is -2.27. The minimum Gasteiger partial charge on any atom is -0.373 e. The number of nitrogens with one attached hydrogen (secondary N) is 2. The molecular weight excluding hydrogens is 264 g/mol. The highest BCUT2D eigenvalue weighted by atomic mass is 16.5. The van der Waals surface area contributed by atoms with Crippen LogP contribution in [-0.2, 0) is 11.3 Å². The molecule has 0 radical (unpaired) electrons. The van der Waals surface area contributed by atoms with Crippen LogP contribution in [0.4, 0.5) is 4.79 Å². The summed E-state index contributed by atoms with van der Waals surface area (Å²) in [6.07, 6.45) is 3.79. The van der Waals surface area contributed by atoms with Gasteiger partial charge in [0, 0.05) is 13.1 Å². The summed E-state index contributed by atoms with van der Waals surface area (Å²) in [6.45, 7) is 7.36. The van der Waals surface area contributed by atoms with Crippen LogP contribution in [0.3, 0.4) is 0 Å². The van der Waals surface area contributed by atoms with Gasteiger partial charge >= 0.3 is 6.03 Å². The van der Waals surface area contributed by atoms with Crippen LogP contribution in [0.2, 0.25) is 0 Å². The summed E-state index contributed by atoms with van der Waals surface area (Å²) >= 11 is 0. The molecule has 1 heterocycles. The fourth-order valence-corrected chi connectivity index (χ4v) is 2.87. The molecule has 0 spiro atoms. The lowest BCUT2D eigenvalue weighted by Crippen LogP contribution is -2.42. The van der Waals surface area contributed by atoms with Gasteiger partial charge in [0.15, 0.2) is 0 Å². The summed E-state index contributed by atoms with van der Waals surface area (Å²) in [6, 6.07) is 6.19. The van der Waals surface area contributed by atoms with Crippen molar-refractivity contribution in [1.29, 1.82) is 0 Å². The molecule has 1 aliphatic heterocycles. The van der Waals surface area contributed by atoms with Crippen molar-refractivity contribution < 1.29 is 9.53 Å². The number of aryl methyl sites for hydroxylation is 2. The van der Waals surface area contributed by atoms with Gasteiger partial charge in [-0.25, -0.2) is 4.79 Å². The average Bonchev–Trinajstić information content (AvgIpc) is 2.42. The van der Waals surface area contributed by atoms with Gasteiger partial charge in [-0.1, -0.05) is 29.3 Å². The van der Waals surface area contributed by atoms with Crippen LogP contribution >= 0.6 is 0 Å². The van der Waals surface area contributed by atoms with Crippen LogP contribution in [0.25, 0.3) is 0 Å². The zero-order chi connectivity index (χ0) is 15.2. The van der Waals surface area contributed by atoms with E-state index in [4.69, 9.17) is 4.74 Å². The van der Waals surface area contributed by atoms with Gasteiger partial charge in [0.25, 0.3) is 0 Å². The van der Waals surface area contributed by atoms with E-state index in [1.165, 1.54) is 17.5 Å². The topological polar surface area (TPSA) is 50.4 Å². The maximum absolute atomic E-state index is 11.8. The molecule has 1 aromatic rings. The van der Waals surface area contributed by atoms with Crippen molar-refractivity contribution in [3.8, 4) is 0 Å². The predicted molar refractivity (Wildman–Crippen MR) is 84.3 cm³/mol. The second-order valence-electron chi connectivity index (χ2n) is 6.06. The Morgan fingerprint density at radius 2 is 1.90 bits per heavy atom. The van der Waals surface area contributed by atoms with Crippen molar-refractivity contribution in [2.45, 2.75) is 58.8 Å². The first-order valence-electron chi connectivity index (χ1n) is 7.77. The Balaban J connectivity index is 1.72. The van der Waals surface area contributed by atoms with E-state index < -0.39 is 0 Å². The minimum absolute atomic E-state index is 0.129. The molecule has 4 nitrogen and oxygen atoms in total. The molecule has 2 unspecified atom stereocenters. The Bertz CT molecular complexity index is 467. The number of carbonyl (C=O) groups is 1. The first-order valence-corrected chi connectivity index (χ1v) is 7.77. The van der Waals surface area contributed by atoms with Crippen LogP contribution in [0.15, 0.2) is 18.2 Å². The second kappa shape index (κ2) is 7.46. The van der Waals surface area contributed by atoms with Gasteiger partial charge in [-0.05, 0) is 45.6 Å². The number of amides is 2. The van der Waals surface area contributed by atoms with Crippen molar-refractivity contribution in [1.82, 2.24) is 10.6 Å². The predicted octanol–water partition coefficient (Wildman–Crippen LogP) is 3.06. The number of ether oxygens (including phenoxy) is 1. The Morgan fingerprint density at radius 1 is 1.19 bits per heavy atom. The van der Waals surface area contributed by atoms with Crippen molar-refractivity contribution in [2.75, 3.05) is 6.54 Å². The van der Waals surface area contributed by atoms with E-state index in [1.54, 1.807) is 0 Å². The van der Waals surface area contributed by atoms with E-state index in [0.717, 1.165) is 18.4 Å². The Kier molecular flexibility index (Phi) is 5.62. The molecule has 2 rings (SSSR count). The van der Waals surface area contributed by atoms with Crippen molar-refractivity contribution in [3.05, 3.63) is 34.9 Å². The molecule has 0 saturated carbocycles. The fourth-order valence-electron chi connectivity index (χ4n) is 2.87. The smallest absolute Gasteiger partial charge is 0.315 e. The zero-order valence-electron chi connectivity index (χ0n) is 13.2. The molecule has 1 aliphatic rings. The van der Waals surface area contributed by atoms with E-state index in [2.05, 4.69) is 49.6 Å². The lowest BCUT2D eigenvalue weighted by atomic mass is 10.1. The highest BCUT2D eigenvalue weighted by Gasteiger charge is 2.19. The molecule has 1 aromatic carbocycles. The van der Waals surface area contributed by atoms with Gasteiger partial charge in [0.2, 0.25) is 0 Å². The van der Waals surface area contributed by atoms with Gasteiger partial charge in [-0.15, -0.1) is 0 Å². The van der Waals surface area contributed by atoms with Crippen LogP contribution in [-0.4, -0.2) is 24.8 Å². The van der Waals surface area contributed by atoms with Crippen LogP contribution < -0.4 is 10.6 Å². The summed E-state index contributed by atoms with van der Waals surface area (Å²) < 4.78 is 5.79. The van der Waals surface area contributed by atoms with Gasteiger partial charge in [-0.3, -0.25) is 0 Å². The molecule has 1 saturated heterocycles. The first kappa shape index (κ1) is 15.8. The summed E-state index contributed by atoms with van der Waals surface area (Å²) in [5.74, 6) is 0. The van der Waals surface area contributed by atoms with E-state index in [9.17, 15) is 4.79 Å². The SMILES string of the molecule is Cc1cc(C)cc(CNC(=O)NCC2CCCC(C)O2)c1. The molecule has 116 valence electrons. The lowest BCUT2D eigenvalue weighted by molar-refractivity contribution is -0.0368. The average molecular weight is 290 g/mol. The molecular formula is C17H26N2O2. The second-order valence-corrected chi connectivity index (χ2v) is 6.06. The van der Waals surface area contributed by atoms with Gasteiger partial charge in [0.05, 0.1) is 12.2 Å². The minimum atomic E-state index is -0.129. The molecule has 1 fully saturated rings. The van der Waals surface area contributed by atoms with E-state index >= 15 is 0 Å². The Labute approximate surface area is 127 Å². The normalized spacial score (nSPS) is 21.9. The monoisotopic (exact) mass is 290 g/mol. The van der Waals surface area contributed by atoms with Gasteiger partial charge in [0.1, 0.15) is 0 Å². The molecule has 2 atom stereocenters. The van der Waals surface area contributed by atoms with Crippen LogP contribution in [0, 0.1) is 13.8 Å². The molecule has 4 heteroatoms. The Morgan fingerprint density at radius 3 is 2.57 bits per heavy atom.